The lowest BCUT2D eigenvalue weighted by molar-refractivity contribution is -0.135. The number of aryl methyl sites for hydroxylation is 1. The molecule has 24 heavy (non-hydrogen) atoms. The Morgan fingerprint density at radius 3 is 2.88 bits per heavy atom. The van der Waals surface area contributed by atoms with Gasteiger partial charge in [0.2, 0.25) is 5.91 Å². The monoisotopic (exact) mass is 327 g/mol. The van der Waals surface area contributed by atoms with Gasteiger partial charge in [0.1, 0.15) is 11.6 Å². The third-order valence-electron chi connectivity index (χ3n) is 4.62. The molecule has 1 aromatic carbocycles. The van der Waals surface area contributed by atoms with E-state index in [0.717, 1.165) is 43.2 Å². The Morgan fingerprint density at radius 1 is 1.38 bits per heavy atom. The van der Waals surface area contributed by atoms with Crippen LogP contribution in [0.4, 0.5) is 0 Å². The van der Waals surface area contributed by atoms with Gasteiger partial charge in [0.15, 0.2) is 0 Å². The molecule has 1 saturated heterocycles. The number of likely N-dealkylation sites (tertiary alicyclic amines) is 1. The molecule has 128 valence electrons. The summed E-state index contributed by atoms with van der Waals surface area (Å²) in [7, 11) is 1.64. The number of hydrogen-bond acceptors (Lipinski definition) is 3. The second kappa shape index (κ2) is 7.07. The molecule has 0 N–H and O–H groups in total. The van der Waals surface area contributed by atoms with Gasteiger partial charge in [-0.15, -0.1) is 0 Å². The molecule has 1 aliphatic heterocycles. The average Bonchev–Trinajstić information content (AvgIpc) is 2.88. The minimum absolute atomic E-state index is 0.171. The highest BCUT2D eigenvalue weighted by atomic mass is 16.5. The summed E-state index contributed by atoms with van der Waals surface area (Å²) < 4.78 is 7.50. The SMILES string of the molecule is CCCn1c(C)cnc1C1CN(C(=O)Cc2cccc(OC)c2)C1. The van der Waals surface area contributed by atoms with Crippen molar-refractivity contribution in [1.82, 2.24) is 14.5 Å². The summed E-state index contributed by atoms with van der Waals surface area (Å²) in [5.41, 5.74) is 2.19. The highest BCUT2D eigenvalue weighted by molar-refractivity contribution is 5.79. The Kier molecular flexibility index (Phi) is 4.88. The van der Waals surface area contributed by atoms with Crippen LogP contribution >= 0.6 is 0 Å². The van der Waals surface area contributed by atoms with Gasteiger partial charge < -0.3 is 14.2 Å². The molecule has 5 nitrogen and oxygen atoms in total. The summed E-state index contributed by atoms with van der Waals surface area (Å²) in [6.45, 7) is 6.80. The number of rotatable bonds is 6. The molecule has 3 rings (SSSR count). The molecule has 2 heterocycles. The highest BCUT2D eigenvalue weighted by Crippen LogP contribution is 2.28. The van der Waals surface area contributed by atoms with Crippen LogP contribution in [0.15, 0.2) is 30.5 Å². The summed E-state index contributed by atoms with van der Waals surface area (Å²) >= 11 is 0. The van der Waals surface area contributed by atoms with E-state index >= 15 is 0 Å². The van der Waals surface area contributed by atoms with Gasteiger partial charge in [0.25, 0.3) is 0 Å². The number of carbonyl (C=O) groups excluding carboxylic acids is 1. The molecule has 0 aliphatic carbocycles. The Labute approximate surface area is 143 Å². The lowest BCUT2D eigenvalue weighted by Gasteiger charge is -2.39. The van der Waals surface area contributed by atoms with E-state index in [1.165, 1.54) is 5.69 Å². The van der Waals surface area contributed by atoms with Gasteiger partial charge in [-0.25, -0.2) is 4.98 Å². The van der Waals surface area contributed by atoms with E-state index < -0.39 is 0 Å². The van der Waals surface area contributed by atoms with Crippen molar-refractivity contribution in [3.63, 3.8) is 0 Å². The topological polar surface area (TPSA) is 47.4 Å². The first-order valence-electron chi connectivity index (χ1n) is 8.55. The quantitative estimate of drug-likeness (QED) is 0.820. The number of benzene rings is 1. The van der Waals surface area contributed by atoms with Crippen molar-refractivity contribution in [1.29, 1.82) is 0 Å². The number of methoxy groups -OCH3 is 1. The Morgan fingerprint density at radius 2 is 2.17 bits per heavy atom. The summed E-state index contributed by atoms with van der Waals surface area (Å²) in [6, 6.07) is 7.70. The van der Waals surface area contributed by atoms with E-state index in [4.69, 9.17) is 4.74 Å². The normalized spacial score (nSPS) is 14.5. The summed E-state index contributed by atoms with van der Waals surface area (Å²) in [5, 5.41) is 0. The molecule has 0 saturated carbocycles. The van der Waals surface area contributed by atoms with E-state index in [2.05, 4.69) is 23.4 Å². The predicted octanol–water partition coefficient (Wildman–Crippen LogP) is 2.78. The first kappa shape index (κ1) is 16.6. The fourth-order valence-electron chi connectivity index (χ4n) is 3.23. The lowest BCUT2D eigenvalue weighted by atomic mass is 9.97. The maximum Gasteiger partial charge on any atom is 0.227 e. The predicted molar refractivity (Wildman–Crippen MR) is 93.3 cm³/mol. The third kappa shape index (κ3) is 3.30. The van der Waals surface area contributed by atoms with Gasteiger partial charge in [0.05, 0.1) is 19.4 Å². The van der Waals surface area contributed by atoms with Crippen LogP contribution < -0.4 is 4.74 Å². The number of carbonyl (C=O) groups is 1. The number of nitrogens with zero attached hydrogens (tertiary/aromatic N) is 3. The first-order valence-corrected chi connectivity index (χ1v) is 8.55. The molecule has 1 aromatic heterocycles. The van der Waals surface area contributed by atoms with Crippen LogP contribution in [0.1, 0.15) is 36.3 Å². The van der Waals surface area contributed by atoms with Gasteiger partial charge in [-0.05, 0) is 31.0 Å². The molecule has 2 aromatic rings. The highest BCUT2D eigenvalue weighted by Gasteiger charge is 2.34. The second-order valence-corrected chi connectivity index (χ2v) is 6.43. The van der Waals surface area contributed by atoms with Crippen molar-refractivity contribution in [2.24, 2.45) is 0 Å². The maximum absolute atomic E-state index is 12.4. The number of amides is 1. The molecule has 0 spiro atoms. The fourth-order valence-corrected chi connectivity index (χ4v) is 3.23. The van der Waals surface area contributed by atoms with Crippen molar-refractivity contribution < 1.29 is 9.53 Å². The van der Waals surface area contributed by atoms with Gasteiger partial charge in [-0.2, -0.15) is 0 Å². The van der Waals surface area contributed by atoms with E-state index in [1.807, 2.05) is 35.4 Å². The van der Waals surface area contributed by atoms with E-state index in [1.54, 1.807) is 7.11 Å². The third-order valence-corrected chi connectivity index (χ3v) is 4.62. The van der Waals surface area contributed by atoms with Crippen molar-refractivity contribution in [2.45, 2.75) is 39.2 Å². The Balaban J connectivity index is 1.59. The van der Waals surface area contributed by atoms with Crippen LogP contribution in [0.5, 0.6) is 5.75 Å². The number of imidazole rings is 1. The van der Waals surface area contributed by atoms with Crippen LogP contribution in [-0.2, 0) is 17.8 Å². The van der Waals surface area contributed by atoms with Crippen molar-refractivity contribution in [2.75, 3.05) is 20.2 Å². The molecular formula is C19H25N3O2. The van der Waals surface area contributed by atoms with Crippen molar-refractivity contribution in [3.8, 4) is 5.75 Å². The standard InChI is InChI=1S/C19H25N3O2/c1-4-8-22-14(2)11-20-19(22)16-12-21(13-16)18(23)10-15-6-5-7-17(9-15)24-3/h5-7,9,11,16H,4,8,10,12-13H2,1-3H3. The molecular weight excluding hydrogens is 302 g/mol. The lowest BCUT2D eigenvalue weighted by Crippen LogP contribution is -2.49. The van der Waals surface area contributed by atoms with Crippen LogP contribution in [-0.4, -0.2) is 40.6 Å². The smallest absolute Gasteiger partial charge is 0.227 e. The summed E-state index contributed by atoms with van der Waals surface area (Å²) in [4.78, 5) is 18.9. The first-order chi connectivity index (χ1) is 11.6. The molecule has 0 bridgehead atoms. The summed E-state index contributed by atoms with van der Waals surface area (Å²) in [5.74, 6) is 2.45. The van der Waals surface area contributed by atoms with Gasteiger partial charge in [-0.3, -0.25) is 4.79 Å². The molecule has 1 amide bonds. The number of aromatic nitrogens is 2. The van der Waals surface area contributed by atoms with Crippen LogP contribution in [0.2, 0.25) is 0 Å². The fraction of sp³-hybridized carbons (Fsp3) is 0.474. The molecule has 0 radical (unpaired) electrons. The van der Waals surface area contributed by atoms with E-state index in [-0.39, 0.29) is 5.91 Å². The van der Waals surface area contributed by atoms with Gasteiger partial charge in [0, 0.05) is 31.5 Å². The molecule has 1 fully saturated rings. The van der Waals surface area contributed by atoms with E-state index in [9.17, 15) is 4.79 Å². The maximum atomic E-state index is 12.4. The molecule has 1 aliphatic rings. The minimum atomic E-state index is 0.171. The van der Waals surface area contributed by atoms with Gasteiger partial charge in [-0.1, -0.05) is 19.1 Å². The van der Waals surface area contributed by atoms with Crippen LogP contribution in [0.3, 0.4) is 0 Å². The number of hydrogen-bond donors (Lipinski definition) is 0. The van der Waals surface area contributed by atoms with Crippen molar-refractivity contribution >= 4 is 5.91 Å². The second-order valence-electron chi connectivity index (χ2n) is 6.43. The van der Waals surface area contributed by atoms with E-state index in [0.29, 0.717) is 12.3 Å². The molecule has 0 unspecified atom stereocenters. The van der Waals surface area contributed by atoms with Crippen LogP contribution in [0, 0.1) is 6.92 Å². The number of ether oxygens (including phenoxy) is 1. The zero-order chi connectivity index (χ0) is 17.1. The molecule has 5 heteroatoms. The van der Waals surface area contributed by atoms with Gasteiger partial charge >= 0.3 is 0 Å². The zero-order valence-corrected chi connectivity index (χ0v) is 14.7. The Hall–Kier alpha value is -2.30. The average molecular weight is 327 g/mol. The van der Waals surface area contributed by atoms with Crippen molar-refractivity contribution in [3.05, 3.63) is 47.5 Å². The Bertz CT molecular complexity index is 717. The zero-order valence-electron chi connectivity index (χ0n) is 14.7. The largest absolute Gasteiger partial charge is 0.497 e. The summed E-state index contributed by atoms with van der Waals surface area (Å²) in [6.07, 6.45) is 3.45. The minimum Gasteiger partial charge on any atom is -0.497 e. The molecule has 0 atom stereocenters. The van der Waals surface area contributed by atoms with Crippen LogP contribution in [0.25, 0.3) is 0 Å².